The van der Waals surface area contributed by atoms with E-state index in [4.69, 9.17) is 46.4 Å². The van der Waals surface area contributed by atoms with Gasteiger partial charge in [-0.15, -0.1) is 0 Å². The predicted octanol–water partition coefficient (Wildman–Crippen LogP) is 40.3. The van der Waals surface area contributed by atoms with Gasteiger partial charge in [0, 0.05) is 43.9 Å². The fraction of sp³-hybridized carbons (Fsp3) is 0.445. The number of hydrogen-bond donors (Lipinski definition) is 0. The van der Waals surface area contributed by atoms with Gasteiger partial charge in [-0.2, -0.15) is 0 Å². The van der Waals surface area contributed by atoms with Gasteiger partial charge in [0.1, 0.15) is 64.0 Å². The molecular weight excluding hydrogens is 1860 g/mol. The molecule has 0 heterocycles. The Hall–Kier alpha value is -8.47. The minimum Gasteiger partial charge on any atom is -0.207 e. The van der Waals surface area contributed by atoms with Crippen molar-refractivity contribution in [3.8, 4) is 0 Å². The maximum atomic E-state index is 13.5. The van der Waals surface area contributed by atoms with E-state index in [0.717, 1.165) is 67.2 Å². The first kappa shape index (κ1) is 128. The first-order chi connectivity index (χ1) is 62.1. The van der Waals surface area contributed by atoms with E-state index in [2.05, 4.69) is 81.4 Å². The third-order valence-corrected chi connectivity index (χ3v) is 23.6. The zero-order valence-electron chi connectivity index (χ0n) is 89.8. The summed E-state index contributed by atoms with van der Waals surface area (Å²) in [5.41, 5.74) is 11.1. The molecule has 0 radical (unpaired) electrons. The number of halogens is 19. The highest BCUT2D eigenvalue weighted by Gasteiger charge is 2.30. The molecule has 0 fully saturated rings. The molecule has 0 unspecified atom stereocenters. The highest BCUT2D eigenvalue weighted by atomic mass is 35.5. The Morgan fingerprint density at radius 1 is 0.174 bits per heavy atom. The zero-order chi connectivity index (χ0) is 108. The van der Waals surface area contributed by atoms with E-state index in [9.17, 15) is 65.9 Å². The van der Waals surface area contributed by atoms with Crippen LogP contribution < -0.4 is 0 Å². The lowest BCUT2D eigenvalue weighted by atomic mass is 9.85. The van der Waals surface area contributed by atoms with E-state index < -0.39 is 57.8 Å². The fourth-order valence-corrected chi connectivity index (χ4v) is 15.3. The maximum Gasteiger partial charge on any atom is 0.162 e. The average molecular weight is 2010 g/mol. The second kappa shape index (κ2) is 51.5. The van der Waals surface area contributed by atoms with Crippen molar-refractivity contribution in [1.29, 1.82) is 0 Å². The van der Waals surface area contributed by atoms with Gasteiger partial charge < -0.3 is 0 Å². The number of aryl methyl sites for hydroxylation is 5. The second-order valence-electron chi connectivity index (χ2n) is 46.1. The van der Waals surface area contributed by atoms with E-state index in [0.29, 0.717) is 48.4 Å². The van der Waals surface area contributed by atoms with Gasteiger partial charge in [-0.05, 0) is 254 Å². The Kier molecular flexibility index (Phi) is 47.6. The molecule has 0 spiro atoms. The van der Waals surface area contributed by atoms with Gasteiger partial charge in [-0.1, -0.05) is 384 Å². The Balaban J connectivity index is 0.000000759. The molecule has 0 atom stereocenters. The van der Waals surface area contributed by atoms with Gasteiger partial charge in [0.25, 0.3) is 0 Å². The Morgan fingerprint density at radius 2 is 0.449 bits per heavy atom. The molecular formula is C119H153Cl4F15. The second-order valence-corrected chi connectivity index (χ2v) is 47.7. The van der Waals surface area contributed by atoms with Crippen LogP contribution in [0.5, 0.6) is 0 Å². The minimum atomic E-state index is -0.840. The highest BCUT2D eigenvalue weighted by Crippen LogP contribution is 2.39. The molecule has 0 aliphatic carbocycles. The van der Waals surface area contributed by atoms with Crippen molar-refractivity contribution < 1.29 is 65.9 Å². The van der Waals surface area contributed by atoms with Crippen LogP contribution in [0.2, 0.25) is 20.1 Å². The van der Waals surface area contributed by atoms with Crippen LogP contribution in [0.1, 0.15) is 340 Å². The topological polar surface area (TPSA) is 0 Å². The summed E-state index contributed by atoms with van der Waals surface area (Å²) in [4.78, 5) is 0. The van der Waals surface area contributed by atoms with Gasteiger partial charge >= 0.3 is 0 Å². The van der Waals surface area contributed by atoms with Crippen molar-refractivity contribution in [3.05, 3.63) is 382 Å². The van der Waals surface area contributed by atoms with Crippen molar-refractivity contribution in [3.63, 3.8) is 0 Å². The van der Waals surface area contributed by atoms with Crippen LogP contribution in [0.3, 0.4) is 0 Å². The van der Waals surface area contributed by atoms with Crippen LogP contribution in [-0.4, -0.2) is 0 Å². The molecule has 0 amide bonds. The smallest absolute Gasteiger partial charge is 0.162 e. The summed E-state index contributed by atoms with van der Waals surface area (Å²) in [5.74, 6) is -7.28. The van der Waals surface area contributed by atoms with Crippen LogP contribution in [0, 0.1) is 150 Å². The van der Waals surface area contributed by atoms with Gasteiger partial charge in [-0.25, -0.2) is 65.9 Å². The molecule has 0 aliphatic rings. The number of hydrogen-bond acceptors (Lipinski definition) is 0. The normalized spacial score (nSPS) is 11.8. The van der Waals surface area contributed by atoms with E-state index in [1.807, 2.05) is 195 Å². The molecule has 11 rings (SSSR count). The SMILES string of the molecule is CC(C)(C)c1ccc(F)cc1Cl.CC(C)(C)c1cccc(F)c1F.Cc1c(F)cc(F)c(C(C)(C)C)c1F.Cc1c(F)ccc(C(C)(C)C)c1Cl.Cc1c(F)ccc(C(C)(C)C)c1Cl.Cc1c(F)ccc(C(C)(C)C)c1F.Cc1ccc(C(C)(C)C)c(Cl)c1.Cc1ccc(C(C)(C)C)c(F)c1.Cc1ccc(C(C)(C)C)c(F)c1F.Cc1cccc(C(C)(C)C)c1F.Cc1cccc(C(C)(C)C)c1F. The summed E-state index contributed by atoms with van der Waals surface area (Å²) in [5, 5.41) is 2.48. The quantitative estimate of drug-likeness (QED) is 0.133. The lowest BCUT2D eigenvalue weighted by Gasteiger charge is -2.21. The summed E-state index contributed by atoms with van der Waals surface area (Å²) in [6.45, 7) is 80.4. The van der Waals surface area contributed by atoms with E-state index in [1.165, 1.54) is 67.4 Å². The fourth-order valence-electron chi connectivity index (χ4n) is 13.4. The van der Waals surface area contributed by atoms with Gasteiger partial charge in [-0.3, -0.25) is 0 Å². The molecule has 11 aromatic rings. The highest BCUT2D eigenvalue weighted by molar-refractivity contribution is 6.33. The summed E-state index contributed by atoms with van der Waals surface area (Å²) in [6.07, 6.45) is 0. The predicted molar refractivity (Wildman–Crippen MR) is 559 cm³/mol. The molecule has 11 aromatic carbocycles. The van der Waals surface area contributed by atoms with E-state index >= 15 is 0 Å². The summed E-state index contributed by atoms with van der Waals surface area (Å²) in [7, 11) is 0. The maximum absolute atomic E-state index is 13.5. The minimum absolute atomic E-state index is 0.0230. The molecule has 0 N–H and O–H groups in total. The molecule has 0 aromatic heterocycles. The molecule has 0 bridgehead atoms. The monoisotopic (exact) mass is 2010 g/mol. The van der Waals surface area contributed by atoms with Crippen molar-refractivity contribution >= 4 is 46.4 Å². The molecule has 19 heteroatoms. The lowest BCUT2D eigenvalue weighted by Crippen LogP contribution is -2.17. The summed E-state index contributed by atoms with van der Waals surface area (Å²) >= 11 is 24.1. The Labute approximate surface area is 839 Å². The van der Waals surface area contributed by atoms with Gasteiger partial charge in [0.2, 0.25) is 0 Å². The van der Waals surface area contributed by atoms with Crippen molar-refractivity contribution in [1.82, 2.24) is 0 Å². The standard InChI is InChI=1S/2C11H14ClF.C11H15Cl.C11H13F3.2C11H14F2.3C11H15F.C10H12ClF.C10H12F2/c2*1-7-9(13)6-5-8(10(7)12)11(2,3)4;1-8-5-6-9(10(12)7-8)11(2,3)4;1-6-7(12)5-8(13)9(10(6)14)11(2,3)4;1-7-9(12)6-5-8(10(7)13)11(2,3)4;1-7-5-6-8(11(2,3)4)10(13)9(7)12;1-8-5-6-9(10(12)7-8)11(2,3)4;2*1-8-6-5-7-9(10(8)12)11(2,3)4;1-10(2,3)8-5-4-7(12)6-9(8)11;1-10(2,3)7-5-4-6-8(11)9(7)12/h2*5-6H,1-4H3;5-7H,1-4H3;5H,1-4H3;2*5-6H,1-4H3;3*5-7H,1-4H3;2*4-6H,1-3H3. The molecule has 0 saturated heterocycles. The molecule has 0 aliphatic heterocycles. The Morgan fingerprint density at radius 3 is 0.775 bits per heavy atom. The average Bonchev–Trinajstić information content (AvgIpc) is 0.782. The van der Waals surface area contributed by atoms with Crippen LogP contribution in [0.4, 0.5) is 65.9 Å². The van der Waals surface area contributed by atoms with Crippen molar-refractivity contribution in [2.24, 2.45) is 0 Å². The molecule has 0 saturated carbocycles. The third kappa shape index (κ3) is 39.8. The molecule has 0 nitrogen and oxygen atoms in total. The van der Waals surface area contributed by atoms with Crippen LogP contribution >= 0.6 is 46.4 Å². The largest absolute Gasteiger partial charge is 0.207 e. The number of benzene rings is 11. The molecule has 762 valence electrons. The Bertz CT molecular complexity index is 5260. The van der Waals surface area contributed by atoms with E-state index in [-0.39, 0.29) is 106 Å². The van der Waals surface area contributed by atoms with Crippen LogP contribution in [0.25, 0.3) is 0 Å². The lowest BCUT2D eigenvalue weighted by molar-refractivity contribution is 0.457. The van der Waals surface area contributed by atoms with Crippen molar-refractivity contribution in [2.75, 3.05) is 0 Å². The van der Waals surface area contributed by atoms with Gasteiger partial charge in [0.05, 0.1) is 10.0 Å². The molecule has 138 heavy (non-hydrogen) atoms. The first-order valence-electron chi connectivity index (χ1n) is 46.0. The van der Waals surface area contributed by atoms with Gasteiger partial charge in [0.15, 0.2) is 23.3 Å². The van der Waals surface area contributed by atoms with Crippen LogP contribution in [-0.2, 0) is 59.6 Å². The van der Waals surface area contributed by atoms with E-state index in [1.54, 1.807) is 110 Å². The summed E-state index contributed by atoms with van der Waals surface area (Å²) in [6, 6.07) is 44.8. The zero-order valence-corrected chi connectivity index (χ0v) is 92.8. The van der Waals surface area contributed by atoms with Crippen LogP contribution in [0.15, 0.2) is 164 Å². The number of rotatable bonds is 0. The third-order valence-electron chi connectivity index (χ3n) is 22.0. The first-order valence-corrected chi connectivity index (χ1v) is 47.5. The summed E-state index contributed by atoms with van der Waals surface area (Å²) < 4.78 is 198. The van der Waals surface area contributed by atoms with Crippen molar-refractivity contribution in [2.45, 2.75) is 350 Å².